The van der Waals surface area contributed by atoms with Gasteiger partial charge in [0.05, 0.1) is 5.41 Å². The van der Waals surface area contributed by atoms with E-state index in [2.05, 4.69) is 12.2 Å². The van der Waals surface area contributed by atoms with Crippen molar-refractivity contribution in [1.82, 2.24) is 5.32 Å². The van der Waals surface area contributed by atoms with E-state index in [1.807, 2.05) is 0 Å². The Hall–Kier alpha value is -0.570. The van der Waals surface area contributed by atoms with Crippen molar-refractivity contribution < 1.29 is 4.79 Å². The zero-order chi connectivity index (χ0) is 13.1. The zero-order valence-electron chi connectivity index (χ0n) is 11.8. The third kappa shape index (κ3) is 2.87. The van der Waals surface area contributed by atoms with Crippen LogP contribution in [0.2, 0.25) is 0 Å². The predicted molar refractivity (Wildman–Crippen MR) is 74.2 cm³/mol. The molecule has 3 nitrogen and oxygen atoms in total. The van der Waals surface area contributed by atoms with Gasteiger partial charge in [0.2, 0.25) is 5.91 Å². The van der Waals surface area contributed by atoms with Gasteiger partial charge in [0, 0.05) is 12.1 Å². The molecule has 0 spiro atoms. The Bertz CT molecular complexity index is 287. The molecule has 18 heavy (non-hydrogen) atoms. The largest absolute Gasteiger partial charge is 0.350 e. The van der Waals surface area contributed by atoms with E-state index in [4.69, 9.17) is 5.73 Å². The molecule has 0 aromatic rings. The van der Waals surface area contributed by atoms with Crippen LogP contribution >= 0.6 is 0 Å². The summed E-state index contributed by atoms with van der Waals surface area (Å²) in [5.74, 6) is 0.233. The van der Waals surface area contributed by atoms with E-state index in [0.29, 0.717) is 6.54 Å². The van der Waals surface area contributed by atoms with Gasteiger partial charge in [-0.25, -0.2) is 0 Å². The maximum Gasteiger partial charge on any atom is 0.227 e. The summed E-state index contributed by atoms with van der Waals surface area (Å²) in [6, 6.07) is 0. The quantitative estimate of drug-likeness (QED) is 0.759. The van der Waals surface area contributed by atoms with Crippen molar-refractivity contribution in [2.75, 3.05) is 6.54 Å². The van der Waals surface area contributed by atoms with Crippen LogP contribution in [0.15, 0.2) is 0 Å². The van der Waals surface area contributed by atoms with Gasteiger partial charge >= 0.3 is 0 Å². The Morgan fingerprint density at radius 1 is 1.00 bits per heavy atom. The number of amides is 1. The number of carbonyl (C=O) groups is 1. The second-order valence-electron chi connectivity index (χ2n) is 6.62. The molecule has 2 fully saturated rings. The molecule has 3 N–H and O–H groups in total. The Morgan fingerprint density at radius 3 is 2.00 bits per heavy atom. The first-order valence-corrected chi connectivity index (χ1v) is 7.63. The summed E-state index contributed by atoms with van der Waals surface area (Å²) < 4.78 is 0. The van der Waals surface area contributed by atoms with Gasteiger partial charge in [-0.05, 0) is 32.6 Å². The Balaban J connectivity index is 2.04. The molecule has 2 rings (SSSR count). The molecule has 2 aliphatic carbocycles. The van der Waals surface area contributed by atoms with Crippen LogP contribution in [0.3, 0.4) is 0 Å². The first-order chi connectivity index (χ1) is 8.60. The fourth-order valence-electron chi connectivity index (χ4n) is 3.62. The minimum absolute atomic E-state index is 0.0333. The van der Waals surface area contributed by atoms with Crippen LogP contribution in [0.5, 0.6) is 0 Å². The summed E-state index contributed by atoms with van der Waals surface area (Å²) >= 11 is 0. The lowest BCUT2D eigenvalue weighted by Gasteiger charge is -2.35. The van der Waals surface area contributed by atoms with Gasteiger partial charge in [0.15, 0.2) is 0 Å². The van der Waals surface area contributed by atoms with Gasteiger partial charge in [-0.3, -0.25) is 4.79 Å². The second-order valence-corrected chi connectivity index (χ2v) is 6.62. The number of rotatable bonds is 3. The van der Waals surface area contributed by atoms with Crippen LogP contribution in [0.25, 0.3) is 0 Å². The number of hydrogen-bond acceptors (Lipinski definition) is 2. The monoisotopic (exact) mass is 252 g/mol. The number of nitrogens with two attached hydrogens (primary N) is 1. The van der Waals surface area contributed by atoms with E-state index >= 15 is 0 Å². The summed E-state index contributed by atoms with van der Waals surface area (Å²) in [7, 11) is 0. The molecule has 0 aromatic heterocycles. The summed E-state index contributed by atoms with van der Waals surface area (Å²) in [5.41, 5.74) is 5.72. The SMILES string of the molecule is CC1(NC(=O)C2(CN)CCCCCC2)CCCC1. The fourth-order valence-corrected chi connectivity index (χ4v) is 3.62. The molecular formula is C15H28N2O. The fraction of sp³-hybridized carbons (Fsp3) is 0.933. The number of carbonyl (C=O) groups excluding carboxylic acids is 1. The van der Waals surface area contributed by atoms with Crippen LogP contribution in [0.4, 0.5) is 0 Å². The summed E-state index contributed by atoms with van der Waals surface area (Å²) in [6.07, 6.45) is 11.5. The van der Waals surface area contributed by atoms with E-state index in [0.717, 1.165) is 38.5 Å². The van der Waals surface area contributed by atoms with Crippen molar-refractivity contribution in [3.8, 4) is 0 Å². The van der Waals surface area contributed by atoms with E-state index in [9.17, 15) is 4.79 Å². The van der Waals surface area contributed by atoms with E-state index in [1.165, 1.54) is 25.7 Å². The van der Waals surface area contributed by atoms with Crippen molar-refractivity contribution in [2.45, 2.75) is 76.7 Å². The van der Waals surface area contributed by atoms with E-state index in [1.54, 1.807) is 0 Å². The molecule has 1 amide bonds. The molecule has 3 heteroatoms. The molecule has 0 atom stereocenters. The molecule has 2 aliphatic rings. The lowest BCUT2D eigenvalue weighted by atomic mass is 9.78. The molecule has 104 valence electrons. The maximum atomic E-state index is 12.7. The van der Waals surface area contributed by atoms with Crippen LogP contribution in [0.1, 0.15) is 71.1 Å². The van der Waals surface area contributed by atoms with E-state index in [-0.39, 0.29) is 16.9 Å². The highest BCUT2D eigenvalue weighted by molar-refractivity contribution is 5.83. The zero-order valence-corrected chi connectivity index (χ0v) is 11.8. The molecule has 0 unspecified atom stereocenters. The molecule has 0 aromatic carbocycles. The third-order valence-electron chi connectivity index (χ3n) is 5.06. The highest BCUT2D eigenvalue weighted by Gasteiger charge is 2.41. The molecular weight excluding hydrogens is 224 g/mol. The lowest BCUT2D eigenvalue weighted by molar-refractivity contribution is -0.133. The first-order valence-electron chi connectivity index (χ1n) is 7.63. The highest BCUT2D eigenvalue weighted by atomic mass is 16.2. The highest BCUT2D eigenvalue weighted by Crippen LogP contribution is 2.36. The average molecular weight is 252 g/mol. The molecule has 0 aliphatic heterocycles. The van der Waals surface area contributed by atoms with Gasteiger partial charge in [0.25, 0.3) is 0 Å². The predicted octanol–water partition coefficient (Wildman–Crippen LogP) is 2.73. The van der Waals surface area contributed by atoms with Crippen LogP contribution < -0.4 is 11.1 Å². The average Bonchev–Trinajstić information content (AvgIpc) is 2.66. The summed E-state index contributed by atoms with van der Waals surface area (Å²) in [6.45, 7) is 2.70. The second kappa shape index (κ2) is 5.60. The molecule has 0 bridgehead atoms. The normalized spacial score (nSPS) is 26.6. The molecule has 0 radical (unpaired) electrons. The Morgan fingerprint density at radius 2 is 1.50 bits per heavy atom. The molecule has 0 saturated heterocycles. The lowest BCUT2D eigenvalue weighted by Crippen LogP contribution is -2.53. The van der Waals surface area contributed by atoms with Gasteiger partial charge in [-0.2, -0.15) is 0 Å². The maximum absolute atomic E-state index is 12.7. The van der Waals surface area contributed by atoms with Crippen molar-refractivity contribution in [3.05, 3.63) is 0 Å². The van der Waals surface area contributed by atoms with Crippen molar-refractivity contribution in [2.24, 2.45) is 11.1 Å². The number of hydrogen-bond donors (Lipinski definition) is 2. The van der Waals surface area contributed by atoms with Crippen LogP contribution in [-0.4, -0.2) is 18.0 Å². The van der Waals surface area contributed by atoms with Crippen molar-refractivity contribution in [3.63, 3.8) is 0 Å². The van der Waals surface area contributed by atoms with Crippen LogP contribution in [0, 0.1) is 5.41 Å². The van der Waals surface area contributed by atoms with Gasteiger partial charge < -0.3 is 11.1 Å². The summed E-state index contributed by atoms with van der Waals surface area (Å²) in [4.78, 5) is 12.7. The van der Waals surface area contributed by atoms with Gasteiger partial charge in [0.1, 0.15) is 0 Å². The topological polar surface area (TPSA) is 55.1 Å². The third-order valence-corrected chi connectivity index (χ3v) is 5.06. The first kappa shape index (κ1) is 13.9. The Labute approximate surface area is 111 Å². The smallest absolute Gasteiger partial charge is 0.227 e. The van der Waals surface area contributed by atoms with Gasteiger partial charge in [-0.1, -0.05) is 38.5 Å². The van der Waals surface area contributed by atoms with E-state index < -0.39 is 0 Å². The van der Waals surface area contributed by atoms with Crippen molar-refractivity contribution in [1.29, 1.82) is 0 Å². The summed E-state index contributed by atoms with van der Waals surface area (Å²) in [5, 5.41) is 3.33. The molecule has 0 heterocycles. The number of nitrogens with one attached hydrogen (secondary N) is 1. The standard InChI is InChI=1S/C15H28N2O/c1-14(8-6-7-9-14)17-13(18)15(12-16)10-4-2-3-5-11-15/h2-12,16H2,1H3,(H,17,18). The molecule has 2 saturated carbocycles. The van der Waals surface area contributed by atoms with Crippen molar-refractivity contribution >= 4 is 5.91 Å². The van der Waals surface area contributed by atoms with Crippen LogP contribution in [-0.2, 0) is 4.79 Å². The minimum atomic E-state index is -0.276. The Kier molecular flexibility index (Phi) is 4.31. The minimum Gasteiger partial charge on any atom is -0.350 e. The van der Waals surface area contributed by atoms with Gasteiger partial charge in [-0.15, -0.1) is 0 Å².